The standard InChI is InChI=1S/C20H27ClFN5O2S/c1-13-12-23-20(25-19(13)26(2)3)24-14-5-7-15(8-6-14)27(30(4,28)29)16-9-10-18(22)17(21)11-16/h9-12,14-15H,5-8H2,1-4H3,(H,23,24,25). The minimum Gasteiger partial charge on any atom is -0.362 e. The number of hydrogen-bond acceptors (Lipinski definition) is 6. The van der Waals surface area contributed by atoms with Gasteiger partial charge in [-0.05, 0) is 50.8 Å². The Kier molecular flexibility index (Phi) is 6.71. The van der Waals surface area contributed by atoms with Gasteiger partial charge in [0.2, 0.25) is 16.0 Å². The van der Waals surface area contributed by atoms with Crippen LogP contribution in [0.15, 0.2) is 24.4 Å². The lowest BCUT2D eigenvalue weighted by Gasteiger charge is -2.37. The van der Waals surface area contributed by atoms with Gasteiger partial charge >= 0.3 is 0 Å². The summed E-state index contributed by atoms with van der Waals surface area (Å²) in [5, 5.41) is 3.28. The van der Waals surface area contributed by atoms with Crippen molar-refractivity contribution in [1.29, 1.82) is 0 Å². The summed E-state index contributed by atoms with van der Waals surface area (Å²) < 4.78 is 39.9. The number of sulfonamides is 1. The molecule has 0 amide bonds. The Morgan fingerprint density at radius 3 is 2.43 bits per heavy atom. The molecule has 164 valence electrons. The van der Waals surface area contributed by atoms with Gasteiger partial charge in [0.05, 0.1) is 17.0 Å². The van der Waals surface area contributed by atoms with Crippen LogP contribution in [0.5, 0.6) is 0 Å². The molecule has 0 atom stereocenters. The van der Waals surface area contributed by atoms with Gasteiger partial charge in [0.1, 0.15) is 11.6 Å². The van der Waals surface area contributed by atoms with E-state index in [0.29, 0.717) is 24.5 Å². The van der Waals surface area contributed by atoms with E-state index in [-0.39, 0.29) is 17.1 Å². The lowest BCUT2D eigenvalue weighted by molar-refractivity contribution is 0.408. The van der Waals surface area contributed by atoms with Crippen molar-refractivity contribution in [1.82, 2.24) is 9.97 Å². The lowest BCUT2D eigenvalue weighted by atomic mass is 9.91. The van der Waals surface area contributed by atoms with Crippen LogP contribution in [0.3, 0.4) is 0 Å². The van der Waals surface area contributed by atoms with Crippen LogP contribution < -0.4 is 14.5 Å². The molecule has 2 aromatic rings. The van der Waals surface area contributed by atoms with Gasteiger partial charge in [0, 0.05) is 37.9 Å². The number of nitrogens with one attached hydrogen (secondary N) is 1. The van der Waals surface area contributed by atoms with Gasteiger partial charge in [0.15, 0.2) is 0 Å². The molecule has 10 heteroatoms. The minimum atomic E-state index is -3.54. The normalized spacial score (nSPS) is 19.4. The monoisotopic (exact) mass is 455 g/mol. The molecule has 0 radical (unpaired) electrons. The largest absolute Gasteiger partial charge is 0.362 e. The Hall–Kier alpha value is -2.13. The van der Waals surface area contributed by atoms with E-state index in [4.69, 9.17) is 11.6 Å². The molecule has 1 aliphatic rings. The summed E-state index contributed by atoms with van der Waals surface area (Å²) in [5.74, 6) is 0.854. The summed E-state index contributed by atoms with van der Waals surface area (Å²) in [4.78, 5) is 10.9. The van der Waals surface area contributed by atoms with Crippen molar-refractivity contribution in [3.63, 3.8) is 0 Å². The molecule has 0 unspecified atom stereocenters. The highest BCUT2D eigenvalue weighted by Crippen LogP contribution is 2.32. The maximum atomic E-state index is 13.5. The second-order valence-corrected chi connectivity index (χ2v) is 10.2. The Balaban J connectivity index is 1.71. The Morgan fingerprint density at radius 2 is 1.87 bits per heavy atom. The van der Waals surface area contributed by atoms with Crippen LogP contribution in [0.1, 0.15) is 31.2 Å². The first kappa shape index (κ1) is 22.6. The molecule has 7 nitrogen and oxygen atoms in total. The number of hydrogen-bond donors (Lipinski definition) is 1. The highest BCUT2D eigenvalue weighted by molar-refractivity contribution is 7.92. The molecule has 0 aliphatic heterocycles. The van der Waals surface area contributed by atoms with E-state index in [2.05, 4.69) is 15.3 Å². The van der Waals surface area contributed by atoms with Crippen molar-refractivity contribution in [2.75, 3.05) is 34.9 Å². The Morgan fingerprint density at radius 1 is 1.20 bits per heavy atom. The third kappa shape index (κ3) is 5.13. The quantitative estimate of drug-likeness (QED) is 0.713. The predicted molar refractivity (Wildman–Crippen MR) is 119 cm³/mol. The first-order valence-corrected chi connectivity index (χ1v) is 12.0. The summed E-state index contributed by atoms with van der Waals surface area (Å²) in [7, 11) is 0.331. The van der Waals surface area contributed by atoms with Gasteiger partial charge in [0.25, 0.3) is 0 Å². The molecule has 0 spiro atoms. The Labute approximate surface area is 182 Å². The summed E-state index contributed by atoms with van der Waals surface area (Å²) in [6, 6.07) is 3.95. The van der Waals surface area contributed by atoms with Crippen LogP contribution in [0.4, 0.5) is 21.8 Å². The van der Waals surface area contributed by atoms with Crippen LogP contribution in [-0.2, 0) is 10.0 Å². The number of rotatable bonds is 6. The van der Waals surface area contributed by atoms with Crippen LogP contribution >= 0.6 is 11.6 Å². The van der Waals surface area contributed by atoms with E-state index in [1.54, 1.807) is 6.20 Å². The fourth-order valence-corrected chi connectivity index (χ4v) is 5.31. The Bertz CT molecular complexity index is 1010. The molecular formula is C20H27ClFN5O2S. The van der Waals surface area contributed by atoms with Gasteiger partial charge in [-0.1, -0.05) is 11.6 Å². The fraction of sp³-hybridized carbons (Fsp3) is 0.500. The van der Waals surface area contributed by atoms with Crippen LogP contribution in [0, 0.1) is 12.7 Å². The fourth-order valence-electron chi connectivity index (χ4n) is 3.89. The van der Waals surface area contributed by atoms with Crippen molar-refractivity contribution < 1.29 is 12.8 Å². The zero-order chi connectivity index (χ0) is 22.1. The third-order valence-corrected chi connectivity index (χ3v) is 6.76. The average Bonchev–Trinajstić information content (AvgIpc) is 2.66. The van der Waals surface area contributed by atoms with Gasteiger partial charge < -0.3 is 10.2 Å². The number of aryl methyl sites for hydroxylation is 1. The first-order chi connectivity index (χ1) is 14.1. The van der Waals surface area contributed by atoms with Gasteiger partial charge in [-0.2, -0.15) is 4.98 Å². The van der Waals surface area contributed by atoms with Gasteiger partial charge in [-0.15, -0.1) is 0 Å². The van der Waals surface area contributed by atoms with E-state index < -0.39 is 15.8 Å². The summed E-state index contributed by atoms with van der Waals surface area (Å²) in [6.45, 7) is 1.96. The predicted octanol–water partition coefficient (Wildman–Crippen LogP) is 3.83. The average molecular weight is 456 g/mol. The highest BCUT2D eigenvalue weighted by atomic mass is 35.5. The van der Waals surface area contributed by atoms with Crippen LogP contribution in [0.2, 0.25) is 5.02 Å². The zero-order valence-electron chi connectivity index (χ0n) is 17.6. The van der Waals surface area contributed by atoms with Crippen LogP contribution in [-0.4, -0.2) is 50.8 Å². The molecule has 3 rings (SSSR count). The summed E-state index contributed by atoms with van der Waals surface area (Å²) >= 11 is 5.88. The van der Waals surface area contributed by atoms with Crippen molar-refractivity contribution in [3.8, 4) is 0 Å². The SMILES string of the molecule is Cc1cnc(NC2CCC(N(c3ccc(F)c(Cl)c3)S(C)(=O)=O)CC2)nc1N(C)C. The molecule has 1 heterocycles. The highest BCUT2D eigenvalue weighted by Gasteiger charge is 2.32. The summed E-state index contributed by atoms with van der Waals surface area (Å²) in [6.07, 6.45) is 5.80. The topological polar surface area (TPSA) is 78.4 Å². The molecule has 30 heavy (non-hydrogen) atoms. The second-order valence-electron chi connectivity index (χ2n) is 7.90. The molecule has 1 saturated carbocycles. The maximum absolute atomic E-state index is 13.5. The summed E-state index contributed by atoms with van der Waals surface area (Å²) in [5.41, 5.74) is 1.38. The van der Waals surface area contributed by atoms with Crippen molar-refractivity contribution in [2.45, 2.75) is 44.7 Å². The minimum absolute atomic E-state index is 0.0929. The van der Waals surface area contributed by atoms with Crippen molar-refractivity contribution in [3.05, 3.63) is 40.8 Å². The molecule has 1 fully saturated rings. The number of benzene rings is 1. The number of aromatic nitrogens is 2. The van der Waals surface area contributed by atoms with Crippen LogP contribution in [0.25, 0.3) is 0 Å². The number of anilines is 3. The first-order valence-electron chi connectivity index (χ1n) is 9.78. The van der Waals surface area contributed by atoms with Gasteiger partial charge in [-0.25, -0.2) is 17.8 Å². The van der Waals surface area contributed by atoms with E-state index >= 15 is 0 Å². The van der Waals surface area contributed by atoms with Crippen molar-refractivity contribution >= 4 is 39.1 Å². The maximum Gasteiger partial charge on any atom is 0.232 e. The van der Waals surface area contributed by atoms with E-state index in [1.165, 1.54) is 22.5 Å². The second kappa shape index (κ2) is 8.93. The molecule has 1 aromatic carbocycles. The molecule has 1 aliphatic carbocycles. The molecule has 0 bridgehead atoms. The van der Waals surface area contributed by atoms with Gasteiger partial charge in [-0.3, -0.25) is 4.31 Å². The number of halogens is 2. The van der Waals surface area contributed by atoms with E-state index in [9.17, 15) is 12.8 Å². The van der Waals surface area contributed by atoms with Crippen molar-refractivity contribution in [2.24, 2.45) is 0 Å². The van der Waals surface area contributed by atoms with E-state index in [0.717, 1.165) is 30.5 Å². The van der Waals surface area contributed by atoms with E-state index in [1.807, 2.05) is 25.9 Å². The number of nitrogens with zero attached hydrogens (tertiary/aromatic N) is 4. The lowest BCUT2D eigenvalue weighted by Crippen LogP contribution is -2.43. The molecule has 1 aromatic heterocycles. The third-order valence-electron chi connectivity index (χ3n) is 5.25. The smallest absolute Gasteiger partial charge is 0.232 e. The molecule has 0 saturated heterocycles. The molecular weight excluding hydrogens is 429 g/mol. The molecule has 1 N–H and O–H groups in total. The zero-order valence-corrected chi connectivity index (χ0v) is 19.1.